The van der Waals surface area contributed by atoms with Crippen LogP contribution in [0.25, 0.3) is 12.2 Å². The summed E-state index contributed by atoms with van der Waals surface area (Å²) < 4.78 is 5.10. The first-order chi connectivity index (χ1) is 9.19. The lowest BCUT2D eigenvalue weighted by Gasteiger charge is -1.99. The zero-order chi connectivity index (χ0) is 13.7. The Morgan fingerprint density at radius 3 is 1.84 bits per heavy atom. The number of halogens is 1. The summed E-state index contributed by atoms with van der Waals surface area (Å²) in [5.41, 5.74) is 2.60. The molecule has 0 aliphatic heterocycles. The molecule has 0 N–H and O–H groups in total. The van der Waals surface area contributed by atoms with E-state index in [0.717, 1.165) is 16.9 Å². The molecule has 2 aromatic carbocycles. The third kappa shape index (κ3) is 3.70. The lowest BCUT2D eigenvalue weighted by molar-refractivity contribution is 0.108. The molecule has 0 radical (unpaired) electrons. The zero-order valence-corrected chi connectivity index (χ0v) is 11.2. The molecule has 3 heteroatoms. The number of hydrogen-bond donors (Lipinski definition) is 0. The minimum Gasteiger partial charge on any atom is -0.497 e. The summed E-state index contributed by atoms with van der Waals surface area (Å²) in [6.45, 7) is 0. The van der Waals surface area contributed by atoms with Gasteiger partial charge >= 0.3 is 0 Å². The Morgan fingerprint density at radius 1 is 0.947 bits per heavy atom. The minimum absolute atomic E-state index is 0.439. The Kier molecular flexibility index (Phi) is 4.37. The smallest absolute Gasteiger partial charge is 0.252 e. The topological polar surface area (TPSA) is 26.3 Å². The first-order valence-electron chi connectivity index (χ1n) is 5.81. The summed E-state index contributed by atoms with van der Waals surface area (Å²) in [4.78, 5) is 10.9. The molecule has 0 aliphatic carbocycles. The summed E-state index contributed by atoms with van der Waals surface area (Å²) in [6.07, 6.45) is 3.97. The van der Waals surface area contributed by atoms with E-state index in [9.17, 15) is 4.79 Å². The molecule has 0 aliphatic rings. The molecule has 0 unspecified atom stereocenters. The highest BCUT2D eigenvalue weighted by atomic mass is 35.5. The summed E-state index contributed by atoms with van der Waals surface area (Å²) in [6, 6.07) is 14.9. The standard InChI is InChI=1S/C16H13ClO2/c1-19-15-10-6-13(7-11-15)3-2-12-4-8-14(9-5-12)16(17)18/h2-11H,1H3/b3-2+. The van der Waals surface area contributed by atoms with Gasteiger partial charge in [0, 0.05) is 5.56 Å². The maximum atomic E-state index is 10.9. The number of carbonyl (C=O) groups is 1. The van der Waals surface area contributed by atoms with Crippen molar-refractivity contribution in [2.75, 3.05) is 7.11 Å². The summed E-state index contributed by atoms with van der Waals surface area (Å²) in [5.74, 6) is 0.835. The zero-order valence-electron chi connectivity index (χ0n) is 10.5. The van der Waals surface area contributed by atoms with Crippen molar-refractivity contribution in [3.63, 3.8) is 0 Å². The molecule has 0 saturated carbocycles. The number of rotatable bonds is 4. The number of ether oxygens (including phenoxy) is 1. The highest BCUT2D eigenvalue weighted by Crippen LogP contribution is 2.14. The SMILES string of the molecule is COc1ccc(/C=C/c2ccc(C(=O)Cl)cc2)cc1. The molecule has 2 nitrogen and oxygen atoms in total. The van der Waals surface area contributed by atoms with Crippen molar-refractivity contribution in [2.45, 2.75) is 0 Å². The second kappa shape index (κ2) is 6.21. The van der Waals surface area contributed by atoms with Crippen LogP contribution in [0.1, 0.15) is 21.5 Å². The fraction of sp³-hybridized carbons (Fsp3) is 0.0625. The molecule has 0 amide bonds. The normalized spacial score (nSPS) is 10.6. The van der Waals surface area contributed by atoms with Crippen LogP contribution in [-0.2, 0) is 0 Å². The van der Waals surface area contributed by atoms with Gasteiger partial charge in [-0.2, -0.15) is 0 Å². The van der Waals surface area contributed by atoms with Crippen molar-refractivity contribution >= 4 is 29.0 Å². The summed E-state index contributed by atoms with van der Waals surface area (Å²) >= 11 is 5.39. The molecular weight excluding hydrogens is 260 g/mol. The second-order valence-corrected chi connectivity index (χ2v) is 4.35. The van der Waals surface area contributed by atoms with Crippen LogP contribution < -0.4 is 4.74 Å². The predicted molar refractivity (Wildman–Crippen MR) is 78.5 cm³/mol. The quantitative estimate of drug-likeness (QED) is 0.614. The Morgan fingerprint density at radius 2 is 1.42 bits per heavy atom. The molecule has 0 bridgehead atoms. The molecule has 0 aromatic heterocycles. The van der Waals surface area contributed by atoms with Gasteiger partial charge in [0.1, 0.15) is 5.75 Å². The lowest BCUT2D eigenvalue weighted by Crippen LogP contribution is -1.87. The molecule has 96 valence electrons. The Labute approximate surface area is 117 Å². The fourth-order valence-electron chi connectivity index (χ4n) is 1.63. The van der Waals surface area contributed by atoms with Gasteiger partial charge in [-0.15, -0.1) is 0 Å². The van der Waals surface area contributed by atoms with E-state index in [0.29, 0.717) is 5.56 Å². The van der Waals surface area contributed by atoms with Gasteiger partial charge in [0.25, 0.3) is 5.24 Å². The van der Waals surface area contributed by atoms with E-state index < -0.39 is 5.24 Å². The van der Waals surface area contributed by atoms with Gasteiger partial charge in [-0.3, -0.25) is 4.79 Å². The predicted octanol–water partition coefficient (Wildman–Crippen LogP) is 4.24. The molecule has 19 heavy (non-hydrogen) atoms. The average molecular weight is 273 g/mol. The molecule has 2 aromatic rings. The van der Waals surface area contributed by atoms with Crippen molar-refractivity contribution in [3.8, 4) is 5.75 Å². The maximum absolute atomic E-state index is 10.9. The molecule has 0 fully saturated rings. The Balaban J connectivity index is 2.10. The highest BCUT2D eigenvalue weighted by Gasteiger charge is 1.99. The number of benzene rings is 2. The minimum atomic E-state index is -0.439. The van der Waals surface area contributed by atoms with Crippen LogP contribution in [0.3, 0.4) is 0 Å². The van der Waals surface area contributed by atoms with Crippen LogP contribution in [-0.4, -0.2) is 12.4 Å². The largest absolute Gasteiger partial charge is 0.497 e. The average Bonchev–Trinajstić information content (AvgIpc) is 2.46. The van der Waals surface area contributed by atoms with Crippen molar-refractivity contribution in [1.29, 1.82) is 0 Å². The number of carbonyl (C=O) groups excluding carboxylic acids is 1. The van der Waals surface area contributed by atoms with Crippen LogP contribution in [0.5, 0.6) is 5.75 Å². The van der Waals surface area contributed by atoms with Crippen LogP contribution >= 0.6 is 11.6 Å². The van der Waals surface area contributed by atoms with Crippen molar-refractivity contribution in [2.24, 2.45) is 0 Å². The van der Waals surface area contributed by atoms with Crippen LogP contribution in [0.2, 0.25) is 0 Å². The van der Waals surface area contributed by atoms with E-state index in [-0.39, 0.29) is 0 Å². The first-order valence-corrected chi connectivity index (χ1v) is 6.19. The third-order valence-electron chi connectivity index (χ3n) is 2.72. The van der Waals surface area contributed by atoms with Gasteiger partial charge in [0.2, 0.25) is 0 Å². The van der Waals surface area contributed by atoms with Gasteiger partial charge in [-0.25, -0.2) is 0 Å². The van der Waals surface area contributed by atoms with E-state index in [4.69, 9.17) is 16.3 Å². The van der Waals surface area contributed by atoms with E-state index >= 15 is 0 Å². The van der Waals surface area contributed by atoms with Crippen molar-refractivity contribution in [1.82, 2.24) is 0 Å². The van der Waals surface area contributed by atoms with Gasteiger partial charge in [0.05, 0.1) is 7.11 Å². The van der Waals surface area contributed by atoms with Crippen LogP contribution in [0.15, 0.2) is 48.5 Å². The van der Waals surface area contributed by atoms with Gasteiger partial charge in [-0.1, -0.05) is 36.4 Å². The summed E-state index contributed by atoms with van der Waals surface area (Å²) in [7, 11) is 1.64. The van der Waals surface area contributed by atoms with Crippen molar-refractivity contribution in [3.05, 3.63) is 65.2 Å². The monoisotopic (exact) mass is 272 g/mol. The van der Waals surface area contributed by atoms with Gasteiger partial charge in [0.15, 0.2) is 0 Å². The summed E-state index contributed by atoms with van der Waals surface area (Å²) in [5, 5.41) is -0.439. The van der Waals surface area contributed by atoms with Gasteiger partial charge < -0.3 is 4.74 Å². The van der Waals surface area contributed by atoms with E-state index in [1.807, 2.05) is 48.6 Å². The van der Waals surface area contributed by atoms with E-state index in [1.165, 1.54) is 0 Å². The van der Waals surface area contributed by atoms with Gasteiger partial charge in [-0.05, 0) is 47.0 Å². The molecule has 0 atom stereocenters. The number of methoxy groups -OCH3 is 1. The fourth-order valence-corrected chi connectivity index (χ4v) is 1.76. The lowest BCUT2D eigenvalue weighted by atomic mass is 10.1. The number of hydrogen-bond acceptors (Lipinski definition) is 2. The van der Waals surface area contributed by atoms with Crippen molar-refractivity contribution < 1.29 is 9.53 Å². The maximum Gasteiger partial charge on any atom is 0.252 e. The Hall–Kier alpha value is -2.06. The highest BCUT2D eigenvalue weighted by molar-refractivity contribution is 6.67. The molecule has 0 saturated heterocycles. The molecular formula is C16H13ClO2. The molecule has 0 heterocycles. The molecule has 2 rings (SSSR count). The van der Waals surface area contributed by atoms with E-state index in [2.05, 4.69) is 0 Å². The van der Waals surface area contributed by atoms with Crippen LogP contribution in [0, 0.1) is 0 Å². The van der Waals surface area contributed by atoms with E-state index in [1.54, 1.807) is 19.2 Å². The first kappa shape index (κ1) is 13.4. The molecule has 0 spiro atoms. The second-order valence-electron chi connectivity index (χ2n) is 4.00. The van der Waals surface area contributed by atoms with Crippen LogP contribution in [0.4, 0.5) is 0 Å². The third-order valence-corrected chi connectivity index (χ3v) is 2.94. The Bertz CT molecular complexity index is 583.